The van der Waals surface area contributed by atoms with Gasteiger partial charge in [-0.05, 0) is 49.1 Å². The van der Waals surface area contributed by atoms with Gasteiger partial charge in [-0.1, -0.05) is 55.7 Å². The van der Waals surface area contributed by atoms with E-state index in [9.17, 15) is 8.42 Å². The second-order valence-corrected chi connectivity index (χ2v) is 7.69. The van der Waals surface area contributed by atoms with Crippen LogP contribution in [0.3, 0.4) is 0 Å². The third-order valence-corrected chi connectivity index (χ3v) is 4.95. The molecule has 1 aliphatic rings. The molecule has 0 bridgehead atoms. The van der Waals surface area contributed by atoms with Crippen molar-refractivity contribution in [3.05, 3.63) is 47.5 Å². The van der Waals surface area contributed by atoms with Gasteiger partial charge in [-0.3, -0.25) is 4.55 Å². The average Bonchev–Trinajstić information content (AvgIpc) is 2.51. The standard InChI is InChI=1S/C18H26O3S/c19-22(20,21)14-7-2-1-4-9-16-10-8-13-18(15-16)17-11-5-3-6-12-17/h2,7-8,10,13,15,17H,1,3-6,9,11-12,14H2,(H,19,20,21). The number of hydrogen-bond donors (Lipinski definition) is 1. The van der Waals surface area contributed by atoms with E-state index in [0.717, 1.165) is 25.2 Å². The summed E-state index contributed by atoms with van der Waals surface area (Å²) >= 11 is 0. The Balaban J connectivity index is 1.78. The van der Waals surface area contributed by atoms with Crippen LogP contribution < -0.4 is 0 Å². The second kappa shape index (κ2) is 8.49. The van der Waals surface area contributed by atoms with Crippen molar-refractivity contribution in [2.24, 2.45) is 0 Å². The minimum absolute atomic E-state index is 0.288. The van der Waals surface area contributed by atoms with Gasteiger partial charge in [0.25, 0.3) is 10.1 Å². The molecule has 0 unspecified atom stereocenters. The molecule has 1 aliphatic carbocycles. The fraction of sp³-hybridized carbons (Fsp3) is 0.556. The Labute approximate surface area is 134 Å². The number of rotatable bonds is 7. The van der Waals surface area contributed by atoms with Crippen molar-refractivity contribution in [3.63, 3.8) is 0 Å². The number of aryl methyl sites for hydroxylation is 1. The third kappa shape index (κ3) is 6.32. The Morgan fingerprint density at radius 3 is 2.64 bits per heavy atom. The van der Waals surface area contributed by atoms with Crippen LogP contribution in [0.2, 0.25) is 0 Å². The smallest absolute Gasteiger partial charge is 0.268 e. The summed E-state index contributed by atoms with van der Waals surface area (Å²) < 4.78 is 29.8. The average molecular weight is 322 g/mol. The highest BCUT2D eigenvalue weighted by Gasteiger charge is 2.15. The van der Waals surface area contributed by atoms with E-state index in [1.165, 1.54) is 49.3 Å². The highest BCUT2D eigenvalue weighted by Crippen LogP contribution is 2.32. The molecule has 3 nitrogen and oxygen atoms in total. The number of hydrogen-bond acceptors (Lipinski definition) is 2. The summed E-state index contributed by atoms with van der Waals surface area (Å²) in [6, 6.07) is 8.94. The first kappa shape index (κ1) is 17.2. The zero-order chi connectivity index (χ0) is 15.8. The van der Waals surface area contributed by atoms with E-state index in [1.54, 1.807) is 0 Å². The Hall–Kier alpha value is -1.13. The highest BCUT2D eigenvalue weighted by atomic mass is 32.2. The number of allylic oxidation sites excluding steroid dienone is 1. The van der Waals surface area contributed by atoms with Crippen molar-refractivity contribution >= 4 is 10.1 Å². The Morgan fingerprint density at radius 2 is 1.91 bits per heavy atom. The van der Waals surface area contributed by atoms with E-state index < -0.39 is 10.1 Å². The zero-order valence-electron chi connectivity index (χ0n) is 13.1. The summed E-state index contributed by atoms with van der Waals surface area (Å²) in [5.74, 6) is 0.452. The van der Waals surface area contributed by atoms with E-state index in [2.05, 4.69) is 24.3 Å². The fourth-order valence-corrected chi connectivity index (χ4v) is 3.55. The molecule has 22 heavy (non-hydrogen) atoms. The van der Waals surface area contributed by atoms with Crippen LogP contribution in [-0.4, -0.2) is 18.7 Å². The lowest BCUT2D eigenvalue weighted by atomic mass is 9.83. The van der Waals surface area contributed by atoms with Crippen LogP contribution in [0.5, 0.6) is 0 Å². The van der Waals surface area contributed by atoms with Crippen molar-refractivity contribution < 1.29 is 13.0 Å². The maximum absolute atomic E-state index is 10.6. The summed E-state index contributed by atoms with van der Waals surface area (Å²) in [6.45, 7) is 0. The van der Waals surface area contributed by atoms with Crippen LogP contribution >= 0.6 is 0 Å². The first-order valence-corrected chi connectivity index (χ1v) is 9.84. The van der Waals surface area contributed by atoms with Gasteiger partial charge in [0.15, 0.2) is 0 Å². The molecule has 0 spiro atoms. The quantitative estimate of drug-likeness (QED) is 0.457. The number of unbranched alkanes of at least 4 members (excludes halogenated alkanes) is 1. The van der Waals surface area contributed by atoms with Crippen molar-refractivity contribution in [1.82, 2.24) is 0 Å². The molecule has 2 rings (SSSR count). The molecule has 1 fully saturated rings. The van der Waals surface area contributed by atoms with E-state index in [0.29, 0.717) is 0 Å². The molecule has 1 N–H and O–H groups in total. The lowest BCUT2D eigenvalue weighted by Gasteiger charge is -2.22. The molecule has 122 valence electrons. The lowest BCUT2D eigenvalue weighted by Crippen LogP contribution is -2.04. The van der Waals surface area contributed by atoms with Crippen LogP contribution in [0.25, 0.3) is 0 Å². The van der Waals surface area contributed by atoms with Gasteiger partial charge < -0.3 is 0 Å². The van der Waals surface area contributed by atoms with Gasteiger partial charge >= 0.3 is 0 Å². The van der Waals surface area contributed by atoms with E-state index in [-0.39, 0.29) is 5.75 Å². The molecule has 0 radical (unpaired) electrons. The van der Waals surface area contributed by atoms with Gasteiger partial charge in [-0.2, -0.15) is 8.42 Å². The Bertz CT molecular complexity index is 584. The predicted molar refractivity (Wildman–Crippen MR) is 90.8 cm³/mol. The summed E-state index contributed by atoms with van der Waals surface area (Å²) in [7, 11) is -3.87. The molecular formula is C18H26O3S. The van der Waals surface area contributed by atoms with Crippen molar-refractivity contribution in [1.29, 1.82) is 0 Å². The molecule has 4 heteroatoms. The van der Waals surface area contributed by atoms with Crippen molar-refractivity contribution in [2.45, 2.75) is 57.3 Å². The van der Waals surface area contributed by atoms with Crippen LogP contribution in [0, 0.1) is 0 Å². The monoisotopic (exact) mass is 322 g/mol. The Morgan fingerprint density at radius 1 is 1.14 bits per heavy atom. The second-order valence-electron chi connectivity index (χ2n) is 6.19. The largest absolute Gasteiger partial charge is 0.285 e. The summed E-state index contributed by atoms with van der Waals surface area (Å²) in [5.41, 5.74) is 2.85. The molecule has 0 heterocycles. The van der Waals surface area contributed by atoms with Crippen LogP contribution in [0.4, 0.5) is 0 Å². The summed E-state index contributed by atoms with van der Waals surface area (Å²) in [4.78, 5) is 0. The molecule has 0 saturated heterocycles. The lowest BCUT2D eigenvalue weighted by molar-refractivity contribution is 0.443. The molecule has 0 atom stereocenters. The molecule has 0 aliphatic heterocycles. The van der Waals surface area contributed by atoms with Crippen LogP contribution in [0.1, 0.15) is 62.0 Å². The fourth-order valence-electron chi connectivity index (χ4n) is 3.17. The maximum atomic E-state index is 10.6. The van der Waals surface area contributed by atoms with Gasteiger partial charge in [-0.25, -0.2) is 0 Å². The molecule has 1 aromatic carbocycles. The summed E-state index contributed by atoms with van der Waals surface area (Å²) in [6.07, 6.45) is 12.9. The molecular weight excluding hydrogens is 296 g/mol. The third-order valence-electron chi connectivity index (χ3n) is 4.34. The zero-order valence-corrected chi connectivity index (χ0v) is 13.9. The highest BCUT2D eigenvalue weighted by molar-refractivity contribution is 7.85. The van der Waals surface area contributed by atoms with E-state index >= 15 is 0 Å². The first-order valence-electron chi connectivity index (χ1n) is 8.23. The number of benzene rings is 1. The van der Waals surface area contributed by atoms with Gasteiger partial charge in [0.05, 0.1) is 5.75 Å². The summed E-state index contributed by atoms with van der Waals surface area (Å²) in [5, 5.41) is 0. The molecule has 0 aromatic heterocycles. The Kier molecular flexibility index (Phi) is 6.65. The van der Waals surface area contributed by atoms with Gasteiger partial charge in [0, 0.05) is 0 Å². The van der Waals surface area contributed by atoms with E-state index in [1.807, 2.05) is 6.08 Å². The van der Waals surface area contributed by atoms with Crippen molar-refractivity contribution in [2.75, 3.05) is 5.75 Å². The van der Waals surface area contributed by atoms with E-state index in [4.69, 9.17) is 4.55 Å². The van der Waals surface area contributed by atoms with Crippen LogP contribution in [-0.2, 0) is 16.5 Å². The van der Waals surface area contributed by atoms with Gasteiger partial charge in [0.1, 0.15) is 0 Å². The molecule has 0 amide bonds. The SMILES string of the molecule is O=S(=O)(O)CC=CCCCc1cccc(C2CCCCC2)c1. The first-order chi connectivity index (χ1) is 10.5. The normalized spacial score (nSPS) is 17.1. The molecule has 1 aromatic rings. The maximum Gasteiger partial charge on any atom is 0.268 e. The van der Waals surface area contributed by atoms with Crippen LogP contribution in [0.15, 0.2) is 36.4 Å². The van der Waals surface area contributed by atoms with Crippen molar-refractivity contribution in [3.8, 4) is 0 Å². The molecule has 1 saturated carbocycles. The topological polar surface area (TPSA) is 54.4 Å². The van der Waals surface area contributed by atoms with Gasteiger partial charge in [-0.15, -0.1) is 0 Å². The van der Waals surface area contributed by atoms with Gasteiger partial charge in [0.2, 0.25) is 0 Å². The minimum atomic E-state index is -3.87. The predicted octanol–water partition coefficient (Wildman–Crippen LogP) is 4.50. The minimum Gasteiger partial charge on any atom is -0.285 e.